The number of anilines is 1. The highest BCUT2D eigenvalue weighted by Gasteiger charge is 2.44. The van der Waals surface area contributed by atoms with Crippen molar-refractivity contribution in [2.75, 3.05) is 32.3 Å². The molecule has 23 heavy (non-hydrogen) atoms. The molecule has 1 aliphatic rings. The van der Waals surface area contributed by atoms with Gasteiger partial charge < -0.3 is 25.4 Å². The van der Waals surface area contributed by atoms with Crippen molar-refractivity contribution >= 4 is 19.0 Å². The van der Waals surface area contributed by atoms with Crippen LogP contribution in [0.15, 0.2) is 11.0 Å². The molecule has 0 amide bonds. The first-order valence-electron chi connectivity index (χ1n) is 7.25. The van der Waals surface area contributed by atoms with Gasteiger partial charge in [0.05, 0.1) is 19.4 Å². The highest BCUT2D eigenvalue weighted by Crippen LogP contribution is 2.39. The molecule has 0 aliphatic carbocycles. The molecule has 1 unspecified atom stereocenters. The summed E-state index contributed by atoms with van der Waals surface area (Å²) in [5.74, 6) is 0.157. The van der Waals surface area contributed by atoms with Crippen molar-refractivity contribution in [2.24, 2.45) is 0 Å². The molecule has 0 bridgehead atoms. The Morgan fingerprint density at radius 2 is 2.13 bits per heavy atom. The van der Waals surface area contributed by atoms with E-state index in [0.29, 0.717) is 6.42 Å². The fraction of sp³-hybridized carbons (Fsp3) is 0.643. The van der Waals surface area contributed by atoms with E-state index >= 15 is 0 Å². The summed E-state index contributed by atoms with van der Waals surface area (Å²) in [6.45, 7) is 2.89. The lowest BCUT2D eigenvalue weighted by molar-refractivity contribution is -0.0404. The minimum Gasteiger partial charge on any atom is -0.491 e. The van der Waals surface area contributed by atoms with Gasteiger partial charge in [-0.25, -0.2) is 4.79 Å². The molecule has 1 aromatic heterocycles. The SMILES string of the molecule is C=P(C)(C)CC[C@H]1OC(n2cc(OC)c(N)nc2=O)[C@H](O)[C@@H]1O. The maximum atomic E-state index is 12.0. The monoisotopic (exact) mass is 345 g/mol. The molecule has 0 radical (unpaired) electrons. The van der Waals surface area contributed by atoms with Crippen molar-refractivity contribution in [1.29, 1.82) is 0 Å². The zero-order valence-corrected chi connectivity index (χ0v) is 14.4. The molecule has 1 saturated heterocycles. The molecule has 2 rings (SSSR count). The van der Waals surface area contributed by atoms with Gasteiger partial charge in [0.25, 0.3) is 0 Å². The minimum atomic E-state index is -1.28. The summed E-state index contributed by atoms with van der Waals surface area (Å²) in [5.41, 5.74) is 4.90. The van der Waals surface area contributed by atoms with E-state index in [1.165, 1.54) is 13.3 Å². The molecule has 0 spiro atoms. The van der Waals surface area contributed by atoms with Crippen LogP contribution in [0.1, 0.15) is 12.6 Å². The standard InChI is InChI=1S/C14H24N3O5P/c1-21-9-7-17(14(20)16-12(9)15)13-11(19)10(18)8(22-13)5-6-23(2,3)4/h7-8,10-11,13,18-19H,2,5-6H2,1,3-4H3,(H2,15,16,20)/t8-,10-,11-,13?/m1/s1. The Labute approximate surface area is 134 Å². The molecule has 8 nitrogen and oxygen atoms in total. The Morgan fingerprint density at radius 1 is 1.48 bits per heavy atom. The third-order valence-corrected chi connectivity index (χ3v) is 5.26. The van der Waals surface area contributed by atoms with Crippen LogP contribution < -0.4 is 16.2 Å². The first-order valence-corrected chi connectivity index (χ1v) is 10.3. The van der Waals surface area contributed by atoms with Crippen LogP contribution in [0.4, 0.5) is 5.82 Å². The fourth-order valence-corrected chi connectivity index (χ4v) is 3.43. The second-order valence-corrected chi connectivity index (χ2v) is 10.7. The van der Waals surface area contributed by atoms with Crippen molar-refractivity contribution in [1.82, 2.24) is 9.55 Å². The number of nitrogens with zero attached hydrogens (tertiary/aromatic N) is 2. The van der Waals surface area contributed by atoms with Gasteiger partial charge in [-0.15, -0.1) is 13.2 Å². The summed E-state index contributed by atoms with van der Waals surface area (Å²) < 4.78 is 11.8. The van der Waals surface area contributed by atoms with Crippen LogP contribution >= 0.6 is 6.89 Å². The summed E-state index contributed by atoms with van der Waals surface area (Å²) in [7, 11) is 1.39. The molecular formula is C14H24N3O5P. The maximum Gasteiger partial charge on any atom is 0.351 e. The largest absolute Gasteiger partial charge is 0.491 e. The van der Waals surface area contributed by atoms with Gasteiger partial charge in [-0.3, -0.25) is 4.57 Å². The normalized spacial score (nSPS) is 28.0. The zero-order valence-electron chi connectivity index (χ0n) is 13.5. The van der Waals surface area contributed by atoms with Crippen molar-refractivity contribution in [3.05, 3.63) is 16.7 Å². The Hall–Kier alpha value is -1.34. The molecule has 130 valence electrons. The molecule has 4 atom stereocenters. The maximum absolute atomic E-state index is 12.0. The number of aromatic nitrogens is 2. The summed E-state index contributed by atoms with van der Waals surface area (Å²) in [6, 6.07) is 0. The van der Waals surface area contributed by atoms with Crippen molar-refractivity contribution < 1.29 is 19.7 Å². The minimum absolute atomic E-state index is 0.0399. The van der Waals surface area contributed by atoms with Crippen LogP contribution in [0.2, 0.25) is 0 Å². The molecule has 4 N–H and O–H groups in total. The molecule has 2 heterocycles. The number of nitrogens with two attached hydrogens (primary N) is 1. The molecule has 1 fully saturated rings. The third-order valence-electron chi connectivity index (χ3n) is 3.80. The van der Waals surface area contributed by atoms with E-state index in [1.54, 1.807) is 0 Å². The number of hydrogen-bond donors (Lipinski definition) is 3. The first kappa shape index (κ1) is 18.0. The highest BCUT2D eigenvalue weighted by molar-refractivity contribution is 7.72. The topological polar surface area (TPSA) is 120 Å². The van der Waals surface area contributed by atoms with Crippen LogP contribution in [0.5, 0.6) is 5.75 Å². The number of aliphatic hydroxyl groups is 2. The van der Waals surface area contributed by atoms with Gasteiger partial charge in [0.15, 0.2) is 17.8 Å². The predicted octanol–water partition coefficient (Wildman–Crippen LogP) is -0.447. The van der Waals surface area contributed by atoms with Crippen molar-refractivity contribution in [2.45, 2.75) is 31.0 Å². The van der Waals surface area contributed by atoms with Crippen molar-refractivity contribution in [3.8, 4) is 5.75 Å². The Morgan fingerprint density at radius 3 is 2.70 bits per heavy atom. The van der Waals surface area contributed by atoms with Gasteiger partial charge in [0.1, 0.15) is 12.2 Å². The zero-order chi connectivity index (χ0) is 17.4. The number of methoxy groups -OCH3 is 1. The molecule has 0 saturated carbocycles. The molecule has 1 aromatic rings. The molecule has 1 aliphatic heterocycles. The second kappa shape index (κ2) is 6.65. The third kappa shape index (κ3) is 3.95. The number of rotatable bonds is 5. The van der Waals surface area contributed by atoms with Gasteiger partial charge in [-0.2, -0.15) is 4.98 Å². The second-order valence-electron chi connectivity index (χ2n) is 6.38. The lowest BCUT2D eigenvalue weighted by Crippen LogP contribution is -2.35. The Balaban J connectivity index is 2.24. The Kier molecular flexibility index (Phi) is 5.20. The average Bonchev–Trinajstić information content (AvgIpc) is 2.73. The summed E-state index contributed by atoms with van der Waals surface area (Å²) in [4.78, 5) is 15.7. The van der Waals surface area contributed by atoms with Gasteiger partial charge in [-0.1, -0.05) is 0 Å². The van der Waals surface area contributed by atoms with E-state index in [4.69, 9.17) is 15.2 Å². The van der Waals surface area contributed by atoms with Crippen LogP contribution in [-0.2, 0) is 4.74 Å². The van der Waals surface area contributed by atoms with Crippen LogP contribution in [0.3, 0.4) is 0 Å². The van der Waals surface area contributed by atoms with E-state index in [-0.39, 0.29) is 11.6 Å². The van der Waals surface area contributed by atoms with E-state index in [1.807, 2.05) is 0 Å². The summed E-state index contributed by atoms with van der Waals surface area (Å²) in [5, 5.41) is 20.4. The summed E-state index contributed by atoms with van der Waals surface area (Å²) >= 11 is 0. The molecule has 9 heteroatoms. The Bertz CT molecular complexity index is 671. The van der Waals surface area contributed by atoms with Crippen LogP contribution in [0.25, 0.3) is 0 Å². The lowest BCUT2D eigenvalue weighted by Gasteiger charge is -2.19. The summed E-state index contributed by atoms with van der Waals surface area (Å²) in [6.07, 6.45) is 2.90. The number of hydrogen-bond acceptors (Lipinski definition) is 7. The van der Waals surface area contributed by atoms with Gasteiger partial charge >= 0.3 is 5.69 Å². The van der Waals surface area contributed by atoms with Gasteiger partial charge in [0, 0.05) is 0 Å². The first-order chi connectivity index (χ1) is 10.6. The van der Waals surface area contributed by atoms with Gasteiger partial charge in [-0.05, 0) is 25.9 Å². The predicted molar refractivity (Wildman–Crippen MR) is 90.8 cm³/mol. The number of aliphatic hydroxyl groups excluding tert-OH is 2. The number of ether oxygens (including phenoxy) is 2. The van der Waals surface area contributed by atoms with E-state index in [2.05, 4.69) is 24.6 Å². The lowest BCUT2D eigenvalue weighted by atomic mass is 10.1. The smallest absolute Gasteiger partial charge is 0.351 e. The number of nitrogen functional groups attached to an aromatic ring is 1. The highest BCUT2D eigenvalue weighted by atomic mass is 31.2. The van der Waals surface area contributed by atoms with E-state index in [9.17, 15) is 15.0 Å². The van der Waals surface area contributed by atoms with E-state index < -0.39 is 37.1 Å². The van der Waals surface area contributed by atoms with E-state index in [0.717, 1.165) is 10.7 Å². The van der Waals surface area contributed by atoms with Crippen LogP contribution in [-0.4, -0.2) is 71.0 Å². The quantitative estimate of drug-likeness (QED) is 0.618. The fourth-order valence-electron chi connectivity index (χ4n) is 2.48. The molecular weight excluding hydrogens is 321 g/mol. The molecule has 0 aromatic carbocycles. The average molecular weight is 345 g/mol. The van der Waals surface area contributed by atoms with Gasteiger partial charge in [0.2, 0.25) is 0 Å². The van der Waals surface area contributed by atoms with Crippen molar-refractivity contribution in [3.63, 3.8) is 0 Å². The van der Waals surface area contributed by atoms with Crippen LogP contribution in [0, 0.1) is 0 Å².